The summed E-state index contributed by atoms with van der Waals surface area (Å²) in [7, 11) is 1.59. The Morgan fingerprint density at radius 2 is 1.87 bits per heavy atom. The van der Waals surface area contributed by atoms with Crippen molar-refractivity contribution in [2.75, 3.05) is 18.7 Å². The van der Waals surface area contributed by atoms with Gasteiger partial charge in [-0.3, -0.25) is 4.90 Å². The quantitative estimate of drug-likeness (QED) is 0.882. The number of fused-ring (bicyclic) bond motifs is 1. The van der Waals surface area contributed by atoms with E-state index in [9.17, 15) is 4.79 Å². The van der Waals surface area contributed by atoms with Gasteiger partial charge in [0, 0.05) is 11.7 Å². The van der Waals surface area contributed by atoms with Gasteiger partial charge in [-0.05, 0) is 37.1 Å². The van der Waals surface area contributed by atoms with Gasteiger partial charge >= 0.3 is 6.03 Å². The number of hydrogen-bond donors (Lipinski definition) is 1. The molecule has 0 saturated heterocycles. The highest BCUT2D eigenvalue weighted by Crippen LogP contribution is 2.31. The smallest absolute Gasteiger partial charge is 0.324 e. The Balaban J connectivity index is 1.62. The molecule has 1 N–H and O–H groups in total. The second kappa shape index (κ2) is 6.60. The van der Waals surface area contributed by atoms with E-state index < -0.39 is 0 Å². The lowest BCUT2D eigenvalue weighted by Gasteiger charge is -2.23. The molecule has 2 amide bonds. The monoisotopic (exact) mass is 312 g/mol. The van der Waals surface area contributed by atoms with E-state index in [2.05, 4.69) is 11.4 Å². The third-order valence-corrected chi connectivity index (χ3v) is 3.95. The minimum atomic E-state index is -0.155. The minimum Gasteiger partial charge on any atom is -0.493 e. The number of carbonyl (C=O) groups excluding carboxylic acids is 1. The molecule has 0 saturated carbocycles. The number of rotatable bonds is 4. The molecule has 2 aromatic carbocycles. The first-order valence-corrected chi connectivity index (χ1v) is 7.61. The van der Waals surface area contributed by atoms with Gasteiger partial charge in [0.05, 0.1) is 7.11 Å². The molecule has 3 rings (SSSR count). The third kappa shape index (κ3) is 3.08. The Bertz CT molecular complexity index is 702. The van der Waals surface area contributed by atoms with E-state index in [0.29, 0.717) is 11.5 Å². The number of urea groups is 1. The van der Waals surface area contributed by atoms with Crippen molar-refractivity contribution in [2.24, 2.45) is 0 Å². The van der Waals surface area contributed by atoms with Gasteiger partial charge in [-0.1, -0.05) is 30.3 Å². The van der Waals surface area contributed by atoms with Crippen LogP contribution in [-0.2, 0) is 6.42 Å². The minimum absolute atomic E-state index is 0.0879. The Morgan fingerprint density at radius 3 is 2.65 bits per heavy atom. The van der Waals surface area contributed by atoms with E-state index in [0.717, 1.165) is 12.1 Å². The second-order valence-corrected chi connectivity index (χ2v) is 5.47. The molecule has 1 aliphatic heterocycles. The average molecular weight is 312 g/mol. The number of nitrogens with one attached hydrogen (secondary N) is 1. The molecule has 0 radical (unpaired) electrons. The van der Waals surface area contributed by atoms with Crippen LogP contribution in [0.5, 0.6) is 11.5 Å². The number of anilines is 1. The van der Waals surface area contributed by atoms with Gasteiger partial charge in [0.25, 0.3) is 0 Å². The fourth-order valence-electron chi connectivity index (χ4n) is 2.87. The molecule has 1 unspecified atom stereocenters. The molecule has 5 heteroatoms. The number of ether oxygens (including phenoxy) is 2. The number of methoxy groups -OCH3 is 1. The van der Waals surface area contributed by atoms with E-state index >= 15 is 0 Å². The summed E-state index contributed by atoms with van der Waals surface area (Å²) in [5, 5.41) is 2.80. The zero-order valence-corrected chi connectivity index (χ0v) is 13.3. The summed E-state index contributed by atoms with van der Waals surface area (Å²) in [5.74, 6) is 1.24. The van der Waals surface area contributed by atoms with E-state index in [1.807, 2.05) is 43.3 Å². The predicted molar refractivity (Wildman–Crippen MR) is 89.1 cm³/mol. The summed E-state index contributed by atoms with van der Waals surface area (Å²) in [4.78, 5) is 14.2. The molecule has 1 heterocycles. The maximum Gasteiger partial charge on any atom is 0.324 e. The summed E-state index contributed by atoms with van der Waals surface area (Å²) in [6.07, 6.45) is 0.872. The average Bonchev–Trinajstić information content (AvgIpc) is 2.91. The lowest BCUT2D eigenvalue weighted by molar-refractivity contribution is 0.225. The number of nitrogens with zero attached hydrogens (tertiary/aromatic N) is 1. The van der Waals surface area contributed by atoms with Crippen LogP contribution in [-0.4, -0.2) is 25.9 Å². The van der Waals surface area contributed by atoms with Crippen LogP contribution in [0, 0.1) is 0 Å². The molecular formula is C18H20N2O3. The highest BCUT2D eigenvalue weighted by atomic mass is 16.5. The van der Waals surface area contributed by atoms with Crippen molar-refractivity contribution in [3.63, 3.8) is 0 Å². The van der Waals surface area contributed by atoms with Crippen molar-refractivity contribution in [2.45, 2.75) is 19.4 Å². The van der Waals surface area contributed by atoms with E-state index in [-0.39, 0.29) is 18.8 Å². The van der Waals surface area contributed by atoms with Crippen molar-refractivity contribution < 1.29 is 14.3 Å². The normalized spacial score (nSPS) is 15.9. The van der Waals surface area contributed by atoms with E-state index in [1.165, 1.54) is 5.56 Å². The van der Waals surface area contributed by atoms with Crippen LogP contribution in [0.3, 0.4) is 0 Å². The molecule has 23 heavy (non-hydrogen) atoms. The first-order valence-electron chi connectivity index (χ1n) is 7.61. The van der Waals surface area contributed by atoms with Crippen LogP contribution < -0.4 is 19.7 Å². The maximum atomic E-state index is 12.5. The molecule has 0 aliphatic carbocycles. The largest absolute Gasteiger partial charge is 0.493 e. The lowest BCUT2D eigenvalue weighted by Crippen LogP contribution is -2.44. The van der Waals surface area contributed by atoms with Crippen molar-refractivity contribution in [3.8, 4) is 11.5 Å². The summed E-state index contributed by atoms with van der Waals surface area (Å²) in [5.41, 5.74) is 2.16. The van der Waals surface area contributed by atoms with Crippen LogP contribution in [0.4, 0.5) is 10.5 Å². The van der Waals surface area contributed by atoms with Gasteiger partial charge in [-0.15, -0.1) is 0 Å². The van der Waals surface area contributed by atoms with Crippen molar-refractivity contribution >= 4 is 11.7 Å². The standard InChI is InChI=1S/C18H20N2O3/c1-13-11-14-7-3-4-8-15(14)20(13)18(21)19-12-23-17-10-6-5-9-16(17)22-2/h3-10,13H,11-12H2,1-2H3,(H,19,21). The molecule has 0 bridgehead atoms. The first-order chi connectivity index (χ1) is 11.2. The van der Waals surface area contributed by atoms with E-state index in [4.69, 9.17) is 9.47 Å². The van der Waals surface area contributed by atoms with Gasteiger partial charge in [0.15, 0.2) is 18.2 Å². The van der Waals surface area contributed by atoms with Crippen LogP contribution in [0.25, 0.3) is 0 Å². The molecule has 0 aromatic heterocycles. The van der Waals surface area contributed by atoms with Gasteiger partial charge in [-0.2, -0.15) is 0 Å². The van der Waals surface area contributed by atoms with Crippen LogP contribution in [0.2, 0.25) is 0 Å². The molecule has 1 aliphatic rings. The van der Waals surface area contributed by atoms with Crippen molar-refractivity contribution in [1.82, 2.24) is 5.32 Å². The Hall–Kier alpha value is -2.69. The van der Waals surface area contributed by atoms with Crippen molar-refractivity contribution in [3.05, 3.63) is 54.1 Å². The number of carbonyl (C=O) groups is 1. The van der Waals surface area contributed by atoms with Crippen LogP contribution in [0.15, 0.2) is 48.5 Å². The first kappa shape index (κ1) is 15.2. The molecule has 0 spiro atoms. The number of benzene rings is 2. The Morgan fingerprint density at radius 1 is 1.17 bits per heavy atom. The summed E-state index contributed by atoms with van der Waals surface area (Å²) >= 11 is 0. The summed E-state index contributed by atoms with van der Waals surface area (Å²) < 4.78 is 10.8. The molecule has 5 nitrogen and oxygen atoms in total. The SMILES string of the molecule is COc1ccccc1OCNC(=O)N1c2ccccc2CC1C. The van der Waals surface area contributed by atoms with Gasteiger partial charge in [-0.25, -0.2) is 4.79 Å². The number of hydrogen-bond acceptors (Lipinski definition) is 3. The molecule has 120 valence electrons. The predicted octanol–water partition coefficient (Wildman–Crippen LogP) is 3.19. The van der Waals surface area contributed by atoms with Gasteiger partial charge < -0.3 is 14.8 Å². The van der Waals surface area contributed by atoms with E-state index in [1.54, 1.807) is 18.1 Å². The van der Waals surface area contributed by atoms with Crippen LogP contribution in [0.1, 0.15) is 12.5 Å². The second-order valence-electron chi connectivity index (χ2n) is 5.47. The lowest BCUT2D eigenvalue weighted by atomic mass is 10.1. The molecule has 0 fully saturated rings. The zero-order valence-electron chi connectivity index (χ0n) is 13.3. The Labute approximate surface area is 135 Å². The van der Waals surface area contributed by atoms with Crippen LogP contribution >= 0.6 is 0 Å². The van der Waals surface area contributed by atoms with Crippen molar-refractivity contribution in [1.29, 1.82) is 0 Å². The summed E-state index contributed by atoms with van der Waals surface area (Å²) in [6, 6.07) is 15.3. The third-order valence-electron chi connectivity index (χ3n) is 3.95. The highest BCUT2D eigenvalue weighted by Gasteiger charge is 2.30. The van der Waals surface area contributed by atoms with Gasteiger partial charge in [0.1, 0.15) is 0 Å². The number of amides is 2. The highest BCUT2D eigenvalue weighted by molar-refractivity contribution is 5.94. The molecule has 1 atom stereocenters. The fraction of sp³-hybridized carbons (Fsp3) is 0.278. The molecule has 2 aromatic rings. The molecular weight excluding hydrogens is 292 g/mol. The topological polar surface area (TPSA) is 50.8 Å². The van der Waals surface area contributed by atoms with Gasteiger partial charge in [0.2, 0.25) is 0 Å². The Kier molecular flexibility index (Phi) is 4.37. The summed E-state index contributed by atoms with van der Waals surface area (Å²) in [6.45, 7) is 2.13. The number of para-hydroxylation sites is 3. The maximum absolute atomic E-state index is 12.5. The zero-order chi connectivity index (χ0) is 16.2. The fourth-order valence-corrected chi connectivity index (χ4v) is 2.87.